The second-order valence-corrected chi connectivity index (χ2v) is 5.38. The normalized spacial score (nSPS) is 10.8. The first-order chi connectivity index (χ1) is 13.5. The summed E-state index contributed by atoms with van der Waals surface area (Å²) in [6.45, 7) is -1.52. The molecule has 0 spiro atoms. The summed E-state index contributed by atoms with van der Waals surface area (Å²) in [5.41, 5.74) is 1.15. The van der Waals surface area contributed by atoms with E-state index in [4.69, 9.17) is 14.0 Å². The smallest absolute Gasteiger partial charge is 0.387 e. The quantitative estimate of drug-likeness (QED) is 0.561. The molecule has 0 bridgehead atoms. The number of esters is 1. The van der Waals surface area contributed by atoms with Crippen LogP contribution in [0.1, 0.15) is 22.1 Å². The van der Waals surface area contributed by atoms with Crippen molar-refractivity contribution < 1.29 is 32.3 Å². The fraction of sp³-hybridized carbons (Fsp3) is 0.235. The number of rotatable bonds is 7. The van der Waals surface area contributed by atoms with Gasteiger partial charge in [0.2, 0.25) is 5.82 Å². The number of halogens is 2. The molecule has 0 aliphatic carbocycles. The first-order valence-corrected chi connectivity index (χ1v) is 7.88. The maximum atomic E-state index is 12.4. The standard InChI is InChI=1S/C17H14F2N4O5/c1-9-6-21-11(7-20-9)16(24)26-8-14-22-15(23-28-14)10-3-4-12(27-17(18)19)13(5-10)25-2/h3-7,17H,8H2,1-2H3. The van der Waals surface area contributed by atoms with Crippen LogP contribution in [0.25, 0.3) is 11.4 Å². The number of carbonyl (C=O) groups excluding carboxylic acids is 1. The Morgan fingerprint density at radius 3 is 2.71 bits per heavy atom. The Hall–Kier alpha value is -3.63. The zero-order chi connectivity index (χ0) is 20.1. The molecule has 0 saturated carbocycles. The average molecular weight is 392 g/mol. The van der Waals surface area contributed by atoms with Crippen LogP contribution in [0.3, 0.4) is 0 Å². The van der Waals surface area contributed by atoms with E-state index in [1.54, 1.807) is 6.92 Å². The zero-order valence-electron chi connectivity index (χ0n) is 14.8. The molecule has 0 amide bonds. The van der Waals surface area contributed by atoms with Crippen LogP contribution in [0, 0.1) is 6.92 Å². The lowest BCUT2D eigenvalue weighted by atomic mass is 10.2. The molecular formula is C17H14F2N4O5. The maximum absolute atomic E-state index is 12.4. The van der Waals surface area contributed by atoms with Crippen LogP contribution in [-0.2, 0) is 11.3 Å². The molecule has 146 valence electrons. The van der Waals surface area contributed by atoms with E-state index in [2.05, 4.69) is 24.8 Å². The molecule has 1 aromatic carbocycles. The lowest BCUT2D eigenvalue weighted by Crippen LogP contribution is -2.08. The summed E-state index contributed by atoms with van der Waals surface area (Å²) in [6, 6.07) is 4.18. The van der Waals surface area contributed by atoms with Gasteiger partial charge >= 0.3 is 12.6 Å². The number of hydrogen-bond acceptors (Lipinski definition) is 9. The van der Waals surface area contributed by atoms with Crippen molar-refractivity contribution in [2.24, 2.45) is 0 Å². The molecule has 0 N–H and O–H groups in total. The molecule has 0 fully saturated rings. The van der Waals surface area contributed by atoms with E-state index in [9.17, 15) is 13.6 Å². The summed E-state index contributed by atoms with van der Waals surface area (Å²) in [5.74, 6) is -0.549. The van der Waals surface area contributed by atoms with Crippen molar-refractivity contribution in [3.8, 4) is 22.9 Å². The lowest BCUT2D eigenvalue weighted by Gasteiger charge is -2.10. The molecule has 2 aromatic heterocycles. The highest BCUT2D eigenvalue weighted by atomic mass is 19.3. The predicted molar refractivity (Wildman–Crippen MR) is 88.8 cm³/mol. The predicted octanol–water partition coefficient (Wildman–Crippen LogP) is 2.80. The average Bonchev–Trinajstić information content (AvgIpc) is 3.15. The van der Waals surface area contributed by atoms with Crippen molar-refractivity contribution in [3.63, 3.8) is 0 Å². The Morgan fingerprint density at radius 1 is 1.21 bits per heavy atom. The number of carbonyl (C=O) groups is 1. The first kappa shape index (κ1) is 19.1. The summed E-state index contributed by atoms with van der Waals surface area (Å²) in [7, 11) is 1.31. The number of aryl methyl sites for hydroxylation is 1. The van der Waals surface area contributed by atoms with Crippen molar-refractivity contribution in [1.29, 1.82) is 0 Å². The van der Waals surface area contributed by atoms with Crippen LogP contribution < -0.4 is 9.47 Å². The molecule has 11 heteroatoms. The third-order valence-corrected chi connectivity index (χ3v) is 3.42. The maximum Gasteiger partial charge on any atom is 0.387 e. The molecule has 0 atom stereocenters. The van der Waals surface area contributed by atoms with Gasteiger partial charge in [0, 0.05) is 11.8 Å². The second-order valence-electron chi connectivity index (χ2n) is 5.38. The summed E-state index contributed by atoms with van der Waals surface area (Å²) < 4.78 is 44.2. The van der Waals surface area contributed by atoms with Crippen LogP contribution in [0.2, 0.25) is 0 Å². The molecule has 3 aromatic rings. The van der Waals surface area contributed by atoms with E-state index in [0.29, 0.717) is 11.3 Å². The number of nitrogens with zero attached hydrogens (tertiary/aromatic N) is 4. The van der Waals surface area contributed by atoms with E-state index in [-0.39, 0.29) is 35.5 Å². The van der Waals surface area contributed by atoms with Gasteiger partial charge in [-0.25, -0.2) is 9.78 Å². The zero-order valence-corrected chi connectivity index (χ0v) is 14.8. The van der Waals surface area contributed by atoms with Gasteiger partial charge in [-0.15, -0.1) is 0 Å². The molecule has 0 radical (unpaired) electrons. The molecule has 0 aliphatic heterocycles. The Balaban J connectivity index is 1.68. The third-order valence-electron chi connectivity index (χ3n) is 3.42. The molecule has 0 aliphatic rings. The van der Waals surface area contributed by atoms with E-state index < -0.39 is 12.6 Å². The van der Waals surface area contributed by atoms with Gasteiger partial charge in [0.15, 0.2) is 23.8 Å². The van der Waals surface area contributed by atoms with Crippen molar-refractivity contribution in [1.82, 2.24) is 20.1 Å². The molecule has 2 heterocycles. The van der Waals surface area contributed by atoms with Gasteiger partial charge in [-0.1, -0.05) is 5.16 Å². The summed E-state index contributed by atoms with van der Waals surface area (Å²) >= 11 is 0. The van der Waals surface area contributed by atoms with E-state index in [1.165, 1.54) is 37.7 Å². The number of hydrogen-bond donors (Lipinski definition) is 0. The number of aromatic nitrogens is 4. The monoisotopic (exact) mass is 392 g/mol. The van der Waals surface area contributed by atoms with Crippen LogP contribution >= 0.6 is 0 Å². The van der Waals surface area contributed by atoms with Gasteiger partial charge in [-0.3, -0.25) is 4.98 Å². The highest BCUT2D eigenvalue weighted by Gasteiger charge is 2.16. The molecule has 0 saturated heterocycles. The van der Waals surface area contributed by atoms with Crippen molar-refractivity contribution >= 4 is 5.97 Å². The third kappa shape index (κ3) is 4.55. The number of benzene rings is 1. The Kier molecular flexibility index (Phi) is 5.72. The Labute approximate surface area is 157 Å². The fourth-order valence-corrected chi connectivity index (χ4v) is 2.13. The summed E-state index contributed by atoms with van der Waals surface area (Å²) in [5, 5.41) is 3.76. The topological polar surface area (TPSA) is 109 Å². The van der Waals surface area contributed by atoms with Crippen molar-refractivity contribution in [2.75, 3.05) is 7.11 Å². The summed E-state index contributed by atoms with van der Waals surface area (Å²) in [4.78, 5) is 23.9. The highest BCUT2D eigenvalue weighted by molar-refractivity contribution is 5.86. The molecule has 3 rings (SSSR count). The largest absolute Gasteiger partial charge is 0.493 e. The van der Waals surface area contributed by atoms with Crippen LogP contribution in [0.5, 0.6) is 11.5 Å². The Bertz CT molecular complexity index is 962. The minimum absolute atomic E-state index is 0.0373. The second kappa shape index (κ2) is 8.37. The van der Waals surface area contributed by atoms with Gasteiger partial charge in [0.25, 0.3) is 5.89 Å². The summed E-state index contributed by atoms with van der Waals surface area (Å²) in [6.07, 6.45) is 2.74. The number of ether oxygens (including phenoxy) is 3. The van der Waals surface area contributed by atoms with E-state index >= 15 is 0 Å². The molecular weight excluding hydrogens is 378 g/mol. The lowest BCUT2D eigenvalue weighted by molar-refractivity contribution is -0.0512. The van der Waals surface area contributed by atoms with Crippen LogP contribution in [0.4, 0.5) is 8.78 Å². The van der Waals surface area contributed by atoms with E-state index in [1.807, 2.05) is 0 Å². The highest BCUT2D eigenvalue weighted by Crippen LogP contribution is 2.32. The minimum atomic E-state index is -2.98. The number of alkyl halides is 2. The molecule has 0 unspecified atom stereocenters. The van der Waals surface area contributed by atoms with Crippen molar-refractivity contribution in [3.05, 3.63) is 47.9 Å². The number of methoxy groups -OCH3 is 1. The SMILES string of the molecule is COc1cc(-c2noc(COC(=O)c3cnc(C)cn3)n2)ccc1OC(F)F. The van der Waals surface area contributed by atoms with Gasteiger partial charge in [0.1, 0.15) is 0 Å². The van der Waals surface area contributed by atoms with Gasteiger partial charge in [-0.2, -0.15) is 13.8 Å². The Morgan fingerprint density at radius 2 is 2.04 bits per heavy atom. The van der Waals surface area contributed by atoms with Crippen LogP contribution in [0.15, 0.2) is 35.1 Å². The van der Waals surface area contributed by atoms with Gasteiger partial charge in [-0.05, 0) is 25.1 Å². The van der Waals surface area contributed by atoms with Crippen molar-refractivity contribution in [2.45, 2.75) is 20.1 Å². The van der Waals surface area contributed by atoms with E-state index in [0.717, 1.165) is 0 Å². The molecule has 9 nitrogen and oxygen atoms in total. The van der Waals surface area contributed by atoms with Gasteiger partial charge in [0.05, 0.1) is 19.0 Å². The van der Waals surface area contributed by atoms with Gasteiger partial charge < -0.3 is 18.7 Å². The minimum Gasteiger partial charge on any atom is -0.493 e. The molecule has 28 heavy (non-hydrogen) atoms. The first-order valence-electron chi connectivity index (χ1n) is 7.88. The fourth-order valence-electron chi connectivity index (χ4n) is 2.13. The van der Waals surface area contributed by atoms with Crippen LogP contribution in [-0.4, -0.2) is 39.8 Å².